The Balaban J connectivity index is 1.56. The molecule has 0 saturated carbocycles. The van der Waals surface area contributed by atoms with Crippen LogP contribution in [0.5, 0.6) is 0 Å². The number of nitrogens with one attached hydrogen (secondary N) is 1. The second kappa shape index (κ2) is 10.5. The van der Waals surface area contributed by atoms with Crippen molar-refractivity contribution in [3.63, 3.8) is 0 Å². The van der Waals surface area contributed by atoms with Gasteiger partial charge in [0.2, 0.25) is 0 Å². The first kappa shape index (κ1) is 24.2. The lowest BCUT2D eigenvalue weighted by Gasteiger charge is -2.38. The molecule has 2 fully saturated rings. The second-order valence-electron chi connectivity index (χ2n) is 8.90. The van der Waals surface area contributed by atoms with Gasteiger partial charge in [-0.25, -0.2) is 8.78 Å². The molecule has 0 spiro atoms. The van der Waals surface area contributed by atoms with Crippen molar-refractivity contribution in [3.05, 3.63) is 53.6 Å². The van der Waals surface area contributed by atoms with E-state index in [0.29, 0.717) is 30.4 Å². The number of halogens is 2. The van der Waals surface area contributed by atoms with E-state index in [2.05, 4.69) is 44.2 Å². The van der Waals surface area contributed by atoms with Crippen LogP contribution in [0.3, 0.4) is 0 Å². The highest BCUT2D eigenvalue weighted by atomic mass is 32.1. The normalized spacial score (nSPS) is 18.9. The van der Waals surface area contributed by atoms with E-state index in [9.17, 15) is 4.39 Å². The first-order valence-corrected chi connectivity index (χ1v) is 11.8. The Kier molecular flexibility index (Phi) is 7.47. The Morgan fingerprint density at radius 2 is 1.71 bits per heavy atom. The summed E-state index contributed by atoms with van der Waals surface area (Å²) in [6, 6.07) is 10.4. The average molecular weight is 488 g/mol. The van der Waals surface area contributed by atoms with Crippen LogP contribution >= 0.6 is 12.2 Å². The Labute approximate surface area is 204 Å². The molecule has 182 valence electrons. The second-order valence-corrected chi connectivity index (χ2v) is 9.34. The van der Waals surface area contributed by atoms with Crippen LogP contribution in [-0.2, 0) is 0 Å². The lowest BCUT2D eigenvalue weighted by molar-refractivity contribution is 0.315. The first-order valence-electron chi connectivity index (χ1n) is 11.4. The van der Waals surface area contributed by atoms with Gasteiger partial charge < -0.3 is 25.3 Å². The third-order valence-electron chi connectivity index (χ3n) is 6.52. The number of nitrogens with two attached hydrogens (primary N) is 1. The summed E-state index contributed by atoms with van der Waals surface area (Å²) in [5.74, 6) is -0.540. The zero-order chi connectivity index (χ0) is 24.2. The van der Waals surface area contributed by atoms with Crippen LogP contribution in [0.1, 0.15) is 12.0 Å². The van der Waals surface area contributed by atoms with Crippen LogP contribution in [-0.4, -0.2) is 75.6 Å². The van der Waals surface area contributed by atoms with E-state index in [4.69, 9.17) is 18.0 Å². The Hall–Kier alpha value is -2.98. The van der Waals surface area contributed by atoms with Gasteiger partial charge in [-0.1, -0.05) is 0 Å². The summed E-state index contributed by atoms with van der Waals surface area (Å²) < 4.78 is 28.6. The molecule has 0 aliphatic carbocycles. The third-order valence-corrected chi connectivity index (χ3v) is 6.61. The molecule has 7 nitrogen and oxygen atoms in total. The number of hydrogen-bond donors (Lipinski definition) is 2. The van der Waals surface area contributed by atoms with Gasteiger partial charge in [0.15, 0.2) is 5.11 Å². The summed E-state index contributed by atoms with van der Waals surface area (Å²) in [7, 11) is 4.17. The van der Waals surface area contributed by atoms with Crippen molar-refractivity contribution in [2.45, 2.75) is 12.5 Å². The molecule has 34 heavy (non-hydrogen) atoms. The molecule has 0 amide bonds. The molecule has 4 rings (SSSR count). The van der Waals surface area contributed by atoms with Crippen molar-refractivity contribution in [1.29, 1.82) is 0 Å². The molecule has 10 heteroatoms. The topological polar surface area (TPSA) is 63.4 Å². The van der Waals surface area contributed by atoms with Crippen molar-refractivity contribution in [2.75, 3.05) is 68.1 Å². The molecule has 2 saturated heterocycles. The van der Waals surface area contributed by atoms with Gasteiger partial charge in [-0.3, -0.25) is 5.43 Å². The lowest BCUT2D eigenvalue weighted by atomic mass is 10.1. The molecule has 1 atom stereocenters. The summed E-state index contributed by atoms with van der Waals surface area (Å²) in [5.41, 5.74) is 11.2. The number of hydrogen-bond acceptors (Lipinski definition) is 6. The molecule has 2 aromatic rings. The van der Waals surface area contributed by atoms with E-state index in [-0.39, 0.29) is 16.7 Å². The Morgan fingerprint density at radius 3 is 2.32 bits per heavy atom. The van der Waals surface area contributed by atoms with Crippen molar-refractivity contribution in [3.8, 4) is 0 Å². The van der Waals surface area contributed by atoms with E-state index in [0.717, 1.165) is 44.0 Å². The molecule has 3 N–H and O–H groups in total. The zero-order valence-electron chi connectivity index (χ0n) is 19.5. The summed E-state index contributed by atoms with van der Waals surface area (Å²) in [6.07, 6.45) is 2.61. The van der Waals surface area contributed by atoms with Crippen molar-refractivity contribution >= 4 is 40.6 Å². The van der Waals surface area contributed by atoms with Crippen LogP contribution < -0.4 is 25.9 Å². The SMILES string of the molecule is CN(C)[C@@H]1CCN(c2cc(N3CCN(c4ccc(F)cc4)CC3)c(F)cc2C=NNC(N)=S)C1. The number of benzene rings is 2. The van der Waals surface area contributed by atoms with Crippen LogP contribution in [0, 0.1) is 11.6 Å². The number of nitrogens with zero attached hydrogens (tertiary/aromatic N) is 5. The average Bonchev–Trinajstić information content (AvgIpc) is 3.30. The highest BCUT2D eigenvalue weighted by molar-refractivity contribution is 7.80. The minimum absolute atomic E-state index is 0.0581. The fourth-order valence-corrected chi connectivity index (χ4v) is 4.64. The number of piperazine rings is 1. The predicted octanol–water partition coefficient (Wildman–Crippen LogP) is 2.60. The highest BCUT2D eigenvalue weighted by Crippen LogP contribution is 2.33. The molecule has 0 aromatic heterocycles. The standard InChI is InChI=1S/C24H31F2N7S/c1-30(2)20-7-8-33(16-20)22-14-23(21(26)13-17(22)15-28-29-24(27)34)32-11-9-31(10-12-32)19-5-3-18(25)4-6-19/h3-6,13-15,20H,7-12,16H2,1-2H3,(H3,27,29,34)/t20-/m1/s1. The van der Waals surface area contributed by atoms with Crippen molar-refractivity contribution in [1.82, 2.24) is 10.3 Å². The zero-order valence-corrected chi connectivity index (χ0v) is 20.4. The molecule has 2 heterocycles. The van der Waals surface area contributed by atoms with Crippen LogP contribution in [0.15, 0.2) is 41.5 Å². The Bertz CT molecular complexity index is 1040. The number of anilines is 3. The maximum atomic E-state index is 15.3. The smallest absolute Gasteiger partial charge is 0.184 e. The summed E-state index contributed by atoms with van der Waals surface area (Å²) in [4.78, 5) is 8.78. The molecule has 2 aromatic carbocycles. The summed E-state index contributed by atoms with van der Waals surface area (Å²) >= 11 is 4.81. The lowest BCUT2D eigenvalue weighted by Crippen LogP contribution is -2.47. The number of likely N-dealkylation sites (N-methyl/N-ethyl adjacent to an activating group) is 1. The van der Waals surface area contributed by atoms with Gasteiger partial charge in [-0.2, -0.15) is 5.10 Å². The minimum atomic E-state index is -0.292. The van der Waals surface area contributed by atoms with E-state index >= 15 is 4.39 Å². The van der Waals surface area contributed by atoms with Gasteiger partial charge >= 0.3 is 0 Å². The monoisotopic (exact) mass is 487 g/mol. The quantitative estimate of drug-likeness (QED) is 0.369. The van der Waals surface area contributed by atoms with Gasteiger partial charge in [0.1, 0.15) is 11.6 Å². The minimum Gasteiger partial charge on any atom is -0.375 e. The van der Waals surface area contributed by atoms with E-state index in [1.165, 1.54) is 18.2 Å². The fraction of sp³-hybridized carbons (Fsp3) is 0.417. The molecular weight excluding hydrogens is 456 g/mol. The Morgan fingerprint density at radius 1 is 1.03 bits per heavy atom. The summed E-state index contributed by atoms with van der Waals surface area (Å²) in [6.45, 7) is 4.55. The third kappa shape index (κ3) is 5.56. The number of rotatable bonds is 6. The van der Waals surface area contributed by atoms with Crippen LogP contribution in [0.25, 0.3) is 0 Å². The largest absolute Gasteiger partial charge is 0.375 e. The molecule has 0 unspecified atom stereocenters. The van der Waals surface area contributed by atoms with Gasteiger partial charge in [-0.15, -0.1) is 0 Å². The number of thiocarbonyl (C=S) groups is 1. The molecule has 0 bridgehead atoms. The fourth-order valence-electron chi connectivity index (χ4n) is 4.59. The predicted molar refractivity (Wildman–Crippen MR) is 139 cm³/mol. The molecule has 0 radical (unpaired) electrons. The van der Waals surface area contributed by atoms with Gasteiger partial charge in [0, 0.05) is 62.2 Å². The van der Waals surface area contributed by atoms with Gasteiger partial charge in [0.25, 0.3) is 0 Å². The van der Waals surface area contributed by atoms with E-state index in [1.54, 1.807) is 18.3 Å². The molecule has 2 aliphatic heterocycles. The van der Waals surface area contributed by atoms with Crippen molar-refractivity contribution < 1.29 is 8.78 Å². The molecule has 2 aliphatic rings. The van der Waals surface area contributed by atoms with Gasteiger partial charge in [0.05, 0.1) is 11.9 Å². The van der Waals surface area contributed by atoms with Crippen molar-refractivity contribution in [2.24, 2.45) is 10.8 Å². The van der Waals surface area contributed by atoms with E-state index < -0.39 is 0 Å². The first-order chi connectivity index (χ1) is 16.3. The highest BCUT2D eigenvalue weighted by Gasteiger charge is 2.28. The molecular formula is C24H31F2N7S. The number of hydrazone groups is 1. The van der Waals surface area contributed by atoms with Gasteiger partial charge in [-0.05, 0) is 69.1 Å². The van der Waals surface area contributed by atoms with E-state index in [1.807, 2.05) is 6.07 Å². The summed E-state index contributed by atoms with van der Waals surface area (Å²) in [5, 5.41) is 4.13. The van der Waals surface area contributed by atoms with Crippen LogP contribution in [0.2, 0.25) is 0 Å². The van der Waals surface area contributed by atoms with Crippen LogP contribution in [0.4, 0.5) is 25.8 Å². The maximum Gasteiger partial charge on any atom is 0.184 e. The maximum absolute atomic E-state index is 15.3.